The van der Waals surface area contributed by atoms with E-state index in [1.807, 2.05) is 18.2 Å². The Morgan fingerprint density at radius 1 is 0.538 bits per heavy atom. The molecule has 0 unspecified atom stereocenters. The molecule has 0 aromatic heterocycles. The molecule has 0 aliphatic carbocycles. The van der Waals surface area contributed by atoms with Gasteiger partial charge in [0.2, 0.25) is 0 Å². The topological polar surface area (TPSA) is 9.23 Å². The molecule has 0 fully saturated rings. The Kier molecular flexibility index (Phi) is 3.39. The van der Waals surface area contributed by atoms with Crippen molar-refractivity contribution in [2.24, 2.45) is 0 Å². The van der Waals surface area contributed by atoms with Crippen molar-refractivity contribution in [2.75, 3.05) is 0 Å². The first-order valence-electron chi connectivity index (χ1n) is 8.86. The van der Waals surface area contributed by atoms with Gasteiger partial charge in [0.15, 0.2) is 0 Å². The minimum absolute atomic E-state index is 0.871. The van der Waals surface area contributed by atoms with Crippen molar-refractivity contribution >= 4 is 32.3 Å². The quantitative estimate of drug-likeness (QED) is 0.309. The fraction of sp³-hybridized carbons (Fsp3) is 0.0400. The molecular formula is C25H18O. The number of ether oxygens (including phenoxy) is 1. The molecule has 0 N–H and O–H groups in total. The fourth-order valence-corrected chi connectivity index (χ4v) is 3.58. The molecule has 0 heterocycles. The van der Waals surface area contributed by atoms with Gasteiger partial charge in [-0.3, -0.25) is 0 Å². The van der Waals surface area contributed by atoms with Crippen LogP contribution in [0.4, 0.5) is 0 Å². The highest BCUT2D eigenvalue weighted by molar-refractivity contribution is 6.06. The van der Waals surface area contributed by atoms with Gasteiger partial charge < -0.3 is 4.74 Å². The van der Waals surface area contributed by atoms with Crippen LogP contribution in [-0.2, 0) is 0 Å². The van der Waals surface area contributed by atoms with Gasteiger partial charge in [0.05, 0.1) is 0 Å². The highest BCUT2D eigenvalue weighted by Crippen LogP contribution is 2.34. The maximum Gasteiger partial charge on any atom is 0.135 e. The van der Waals surface area contributed by atoms with Crippen LogP contribution in [0.1, 0.15) is 5.56 Å². The monoisotopic (exact) mass is 334 g/mol. The zero-order valence-corrected chi connectivity index (χ0v) is 14.6. The van der Waals surface area contributed by atoms with Gasteiger partial charge in [-0.05, 0) is 81.9 Å². The normalized spacial score (nSPS) is 11.3. The molecule has 0 amide bonds. The van der Waals surface area contributed by atoms with Crippen LogP contribution in [0.15, 0.2) is 91.0 Å². The molecule has 1 nitrogen and oxygen atoms in total. The van der Waals surface area contributed by atoms with E-state index >= 15 is 0 Å². The van der Waals surface area contributed by atoms with E-state index < -0.39 is 0 Å². The first kappa shape index (κ1) is 15.0. The molecule has 0 aliphatic rings. The predicted octanol–water partition coefficient (Wildman–Crippen LogP) is 7.25. The number of benzene rings is 5. The Labute approximate surface area is 152 Å². The molecule has 5 rings (SSSR count). The lowest BCUT2D eigenvalue weighted by molar-refractivity contribution is 0.488. The van der Waals surface area contributed by atoms with Crippen molar-refractivity contribution in [3.05, 3.63) is 96.6 Å². The molecule has 1 heteroatoms. The van der Waals surface area contributed by atoms with Crippen LogP contribution in [0.2, 0.25) is 0 Å². The fourth-order valence-electron chi connectivity index (χ4n) is 3.58. The van der Waals surface area contributed by atoms with Crippen molar-refractivity contribution in [3.8, 4) is 11.5 Å². The summed E-state index contributed by atoms with van der Waals surface area (Å²) in [7, 11) is 0. The van der Waals surface area contributed by atoms with E-state index in [-0.39, 0.29) is 0 Å². The van der Waals surface area contributed by atoms with E-state index in [0.717, 1.165) is 16.9 Å². The summed E-state index contributed by atoms with van der Waals surface area (Å²) >= 11 is 0. The largest absolute Gasteiger partial charge is 0.457 e. The van der Waals surface area contributed by atoms with Gasteiger partial charge in [0.1, 0.15) is 11.5 Å². The van der Waals surface area contributed by atoms with Crippen LogP contribution in [0.25, 0.3) is 32.3 Å². The van der Waals surface area contributed by atoms with E-state index in [2.05, 4.69) is 79.7 Å². The molecule has 0 aliphatic heterocycles. The Hall–Kier alpha value is -3.32. The number of rotatable bonds is 2. The molecule has 5 aromatic rings. The zero-order valence-electron chi connectivity index (χ0n) is 14.6. The lowest BCUT2D eigenvalue weighted by Crippen LogP contribution is -1.87. The molecule has 0 saturated heterocycles. The number of hydrogen-bond donors (Lipinski definition) is 0. The van der Waals surface area contributed by atoms with Gasteiger partial charge in [-0.2, -0.15) is 0 Å². The Bertz CT molecular complexity index is 1270. The van der Waals surface area contributed by atoms with Crippen molar-refractivity contribution in [3.63, 3.8) is 0 Å². The van der Waals surface area contributed by atoms with Crippen molar-refractivity contribution < 1.29 is 4.74 Å². The molecule has 26 heavy (non-hydrogen) atoms. The lowest BCUT2D eigenvalue weighted by Gasteiger charge is -2.11. The maximum absolute atomic E-state index is 6.21. The maximum atomic E-state index is 6.21. The predicted molar refractivity (Wildman–Crippen MR) is 110 cm³/mol. The number of fused-ring (bicyclic) bond motifs is 3. The first-order chi connectivity index (χ1) is 12.8. The number of hydrogen-bond acceptors (Lipinski definition) is 1. The summed E-state index contributed by atoms with van der Waals surface area (Å²) in [5.41, 5.74) is 1.19. The van der Waals surface area contributed by atoms with Crippen molar-refractivity contribution in [1.29, 1.82) is 0 Å². The lowest BCUT2D eigenvalue weighted by atomic mass is 9.99. The second-order valence-corrected chi connectivity index (χ2v) is 6.79. The Morgan fingerprint density at radius 3 is 1.96 bits per heavy atom. The molecule has 5 aromatic carbocycles. The van der Waals surface area contributed by atoms with Crippen molar-refractivity contribution in [1.82, 2.24) is 0 Å². The second-order valence-electron chi connectivity index (χ2n) is 6.79. The average Bonchev–Trinajstić information content (AvgIpc) is 2.65. The summed E-state index contributed by atoms with van der Waals surface area (Å²) in [6.45, 7) is 2.08. The highest BCUT2D eigenvalue weighted by Gasteiger charge is 2.07. The third kappa shape index (κ3) is 2.58. The standard InChI is InChI=1S/C25H18O/c1-17-6-4-10-23(12-17)26-25-11-5-9-20-15-21-13-18-7-2-3-8-19(18)14-22(21)16-24(20)25/h2-16H,1H3. The van der Waals surface area contributed by atoms with E-state index in [9.17, 15) is 0 Å². The summed E-state index contributed by atoms with van der Waals surface area (Å²) < 4.78 is 6.21. The zero-order chi connectivity index (χ0) is 17.5. The van der Waals surface area contributed by atoms with Crippen LogP contribution in [0.3, 0.4) is 0 Å². The molecule has 0 spiro atoms. The molecule has 0 atom stereocenters. The third-order valence-electron chi connectivity index (χ3n) is 4.88. The summed E-state index contributed by atoms with van der Waals surface area (Å²) in [5.74, 6) is 1.76. The summed E-state index contributed by atoms with van der Waals surface area (Å²) in [5, 5.41) is 7.35. The minimum atomic E-state index is 0.871. The van der Waals surface area contributed by atoms with Gasteiger partial charge in [-0.25, -0.2) is 0 Å². The molecule has 0 saturated carbocycles. The van der Waals surface area contributed by atoms with Crippen LogP contribution in [0.5, 0.6) is 11.5 Å². The minimum Gasteiger partial charge on any atom is -0.457 e. The summed E-state index contributed by atoms with van der Waals surface area (Å²) in [4.78, 5) is 0. The average molecular weight is 334 g/mol. The van der Waals surface area contributed by atoms with E-state index in [0.29, 0.717) is 0 Å². The second kappa shape index (κ2) is 5.89. The smallest absolute Gasteiger partial charge is 0.135 e. The highest BCUT2D eigenvalue weighted by atomic mass is 16.5. The molecule has 124 valence electrons. The van der Waals surface area contributed by atoms with Crippen LogP contribution >= 0.6 is 0 Å². The summed E-state index contributed by atoms with van der Waals surface area (Å²) in [6.07, 6.45) is 0. The van der Waals surface area contributed by atoms with Crippen LogP contribution in [0, 0.1) is 6.92 Å². The number of aryl methyl sites for hydroxylation is 1. The first-order valence-corrected chi connectivity index (χ1v) is 8.86. The van der Waals surface area contributed by atoms with E-state index in [4.69, 9.17) is 4.74 Å². The van der Waals surface area contributed by atoms with Crippen LogP contribution < -0.4 is 4.74 Å². The van der Waals surface area contributed by atoms with Gasteiger partial charge in [-0.1, -0.05) is 48.5 Å². The van der Waals surface area contributed by atoms with Crippen molar-refractivity contribution in [2.45, 2.75) is 6.92 Å². The van der Waals surface area contributed by atoms with Gasteiger partial charge in [-0.15, -0.1) is 0 Å². The summed E-state index contributed by atoms with van der Waals surface area (Å²) in [6, 6.07) is 31.9. The Balaban J connectivity index is 1.71. The van der Waals surface area contributed by atoms with E-state index in [1.54, 1.807) is 0 Å². The molecule has 0 bridgehead atoms. The van der Waals surface area contributed by atoms with E-state index in [1.165, 1.54) is 32.5 Å². The van der Waals surface area contributed by atoms with Crippen LogP contribution in [-0.4, -0.2) is 0 Å². The molecular weight excluding hydrogens is 316 g/mol. The SMILES string of the molecule is Cc1cccc(Oc2cccc3cc4cc5ccccc5cc4cc23)c1. The molecule has 0 radical (unpaired) electrons. The van der Waals surface area contributed by atoms with Gasteiger partial charge in [0.25, 0.3) is 0 Å². The van der Waals surface area contributed by atoms with Gasteiger partial charge >= 0.3 is 0 Å². The Morgan fingerprint density at radius 2 is 1.19 bits per heavy atom. The third-order valence-corrected chi connectivity index (χ3v) is 4.88. The van der Waals surface area contributed by atoms with Gasteiger partial charge in [0, 0.05) is 5.39 Å².